The molecule has 0 radical (unpaired) electrons. The first-order chi connectivity index (χ1) is 8.86. The van der Waals surface area contributed by atoms with E-state index in [4.69, 9.17) is 5.73 Å². The average Bonchev–Trinajstić information content (AvgIpc) is 2.75. The van der Waals surface area contributed by atoms with Crippen molar-refractivity contribution in [3.8, 4) is 0 Å². The maximum absolute atomic E-state index is 12.6. The molecule has 2 aromatic rings. The molecule has 0 aliphatic rings. The van der Waals surface area contributed by atoms with E-state index in [0.717, 1.165) is 20.8 Å². The van der Waals surface area contributed by atoms with Crippen molar-refractivity contribution in [1.82, 2.24) is 0 Å². The minimum Gasteiger partial charge on any atom is -0.323 e. The van der Waals surface area contributed by atoms with Crippen LogP contribution in [-0.4, -0.2) is 0 Å². The Labute approximate surface area is 121 Å². The number of rotatable bonds is 3. The van der Waals surface area contributed by atoms with Crippen molar-refractivity contribution in [2.75, 3.05) is 0 Å². The number of hydrogen-bond acceptors (Lipinski definition) is 2. The maximum Gasteiger partial charge on any atom is 0.416 e. The molecular weight excluding hydrogens is 339 g/mol. The molecule has 1 heterocycles. The van der Waals surface area contributed by atoms with Crippen molar-refractivity contribution < 1.29 is 13.2 Å². The zero-order valence-electron chi connectivity index (χ0n) is 9.75. The first-order valence-electron chi connectivity index (χ1n) is 5.53. The van der Waals surface area contributed by atoms with Crippen molar-refractivity contribution in [2.24, 2.45) is 5.73 Å². The third-order valence-electron chi connectivity index (χ3n) is 2.67. The summed E-state index contributed by atoms with van der Waals surface area (Å²) in [4.78, 5) is 0.948. The average molecular weight is 350 g/mol. The first kappa shape index (κ1) is 14.6. The lowest BCUT2D eigenvalue weighted by Crippen LogP contribution is -2.12. The Kier molecular flexibility index (Phi) is 4.32. The second-order valence-corrected chi connectivity index (χ2v) is 6.65. The summed E-state index contributed by atoms with van der Waals surface area (Å²) in [5.74, 6) is 0. The summed E-state index contributed by atoms with van der Waals surface area (Å²) in [5.41, 5.74) is 5.96. The van der Waals surface area contributed by atoms with E-state index in [0.29, 0.717) is 12.0 Å². The lowest BCUT2D eigenvalue weighted by Gasteiger charge is -2.12. The Balaban J connectivity index is 2.15. The van der Waals surface area contributed by atoms with Crippen LogP contribution in [0.5, 0.6) is 0 Å². The van der Waals surface area contributed by atoms with E-state index in [-0.39, 0.29) is 6.04 Å². The Hall–Kier alpha value is -0.850. The molecule has 1 nitrogen and oxygen atoms in total. The van der Waals surface area contributed by atoms with Gasteiger partial charge in [0.15, 0.2) is 0 Å². The van der Waals surface area contributed by atoms with E-state index in [1.165, 1.54) is 17.4 Å². The van der Waals surface area contributed by atoms with Crippen molar-refractivity contribution in [3.63, 3.8) is 0 Å². The summed E-state index contributed by atoms with van der Waals surface area (Å²) in [5, 5.41) is 0. The van der Waals surface area contributed by atoms with Gasteiger partial charge in [-0.3, -0.25) is 0 Å². The summed E-state index contributed by atoms with van der Waals surface area (Å²) in [6.07, 6.45) is -3.93. The van der Waals surface area contributed by atoms with Crippen LogP contribution in [0.15, 0.2) is 40.2 Å². The molecule has 19 heavy (non-hydrogen) atoms. The molecule has 0 bridgehead atoms. The van der Waals surface area contributed by atoms with Crippen molar-refractivity contribution in [3.05, 3.63) is 56.2 Å². The molecule has 0 aliphatic carbocycles. The number of halogens is 4. The predicted octanol–water partition coefficient (Wildman–Crippen LogP) is 4.77. The van der Waals surface area contributed by atoms with Crippen LogP contribution >= 0.6 is 27.3 Å². The van der Waals surface area contributed by atoms with Crippen LogP contribution in [0.25, 0.3) is 0 Å². The summed E-state index contributed by atoms with van der Waals surface area (Å²) < 4.78 is 38.7. The minimum atomic E-state index is -4.31. The normalized spacial score (nSPS) is 13.5. The van der Waals surface area contributed by atoms with Crippen LogP contribution in [0.4, 0.5) is 13.2 Å². The molecule has 0 saturated carbocycles. The Morgan fingerprint density at radius 1 is 1.21 bits per heavy atom. The van der Waals surface area contributed by atoms with E-state index in [9.17, 15) is 13.2 Å². The molecule has 6 heteroatoms. The van der Waals surface area contributed by atoms with Gasteiger partial charge in [-0.1, -0.05) is 18.2 Å². The lowest BCUT2D eigenvalue weighted by molar-refractivity contribution is -0.137. The van der Waals surface area contributed by atoms with E-state index in [1.54, 1.807) is 6.07 Å². The highest BCUT2D eigenvalue weighted by Gasteiger charge is 2.30. The van der Waals surface area contributed by atoms with Gasteiger partial charge in [-0.15, -0.1) is 11.3 Å². The largest absolute Gasteiger partial charge is 0.416 e. The highest BCUT2D eigenvalue weighted by molar-refractivity contribution is 9.11. The molecule has 1 unspecified atom stereocenters. The van der Waals surface area contributed by atoms with Crippen LogP contribution in [0.3, 0.4) is 0 Å². The third kappa shape index (κ3) is 3.81. The van der Waals surface area contributed by atoms with Gasteiger partial charge in [0.1, 0.15) is 0 Å². The minimum absolute atomic E-state index is 0.292. The second-order valence-electron chi connectivity index (χ2n) is 4.15. The van der Waals surface area contributed by atoms with Crippen LogP contribution < -0.4 is 5.73 Å². The third-order valence-corrected chi connectivity index (χ3v) is 4.42. The molecule has 0 aliphatic heterocycles. The maximum atomic E-state index is 12.6. The summed E-state index contributed by atoms with van der Waals surface area (Å²) >= 11 is 4.83. The zero-order chi connectivity index (χ0) is 14.0. The molecule has 102 valence electrons. The van der Waals surface area contributed by atoms with Gasteiger partial charge in [-0.25, -0.2) is 0 Å². The number of thiophene rings is 1. The van der Waals surface area contributed by atoms with E-state index < -0.39 is 11.7 Å². The second kappa shape index (κ2) is 5.64. The summed E-state index contributed by atoms with van der Waals surface area (Å²) in [6, 6.07) is 8.77. The van der Waals surface area contributed by atoms with Gasteiger partial charge < -0.3 is 5.73 Å². The van der Waals surface area contributed by atoms with E-state index in [1.807, 2.05) is 12.1 Å². The fourth-order valence-corrected chi connectivity index (χ4v) is 3.18. The van der Waals surface area contributed by atoms with Gasteiger partial charge in [0.25, 0.3) is 0 Å². The Bertz CT molecular complexity index is 565. The molecule has 2 rings (SSSR count). The molecule has 0 amide bonds. The molecule has 0 fully saturated rings. The van der Waals surface area contributed by atoms with Crippen LogP contribution in [0.2, 0.25) is 0 Å². The van der Waals surface area contributed by atoms with Crippen LogP contribution in [0, 0.1) is 0 Å². The van der Waals surface area contributed by atoms with Gasteiger partial charge in [0.05, 0.1) is 9.35 Å². The highest BCUT2D eigenvalue weighted by Crippen LogP contribution is 2.31. The van der Waals surface area contributed by atoms with Gasteiger partial charge in [-0.05, 0) is 46.1 Å². The van der Waals surface area contributed by atoms with Crippen molar-refractivity contribution in [1.29, 1.82) is 0 Å². The molecule has 1 aromatic heterocycles. The van der Waals surface area contributed by atoms with Crippen molar-refractivity contribution >= 4 is 27.3 Å². The van der Waals surface area contributed by atoms with Crippen LogP contribution in [-0.2, 0) is 12.6 Å². The predicted molar refractivity (Wildman–Crippen MR) is 74.1 cm³/mol. The molecule has 1 atom stereocenters. The monoisotopic (exact) mass is 349 g/mol. The quantitative estimate of drug-likeness (QED) is 0.848. The number of nitrogens with two attached hydrogens (primary N) is 1. The number of hydrogen-bond donors (Lipinski definition) is 1. The number of benzene rings is 1. The van der Waals surface area contributed by atoms with Crippen molar-refractivity contribution in [2.45, 2.75) is 18.6 Å². The highest BCUT2D eigenvalue weighted by atomic mass is 79.9. The number of alkyl halides is 3. The molecule has 0 saturated heterocycles. The molecule has 2 N–H and O–H groups in total. The standard InChI is InChI=1S/C13H11BrF3NS/c14-12-5-4-11(19-12)10(18)7-8-2-1-3-9(6-8)13(15,16)17/h1-6,10H,7,18H2. The Morgan fingerprint density at radius 3 is 2.53 bits per heavy atom. The van der Waals surface area contributed by atoms with Gasteiger partial charge in [0, 0.05) is 10.9 Å². The van der Waals surface area contributed by atoms with E-state index >= 15 is 0 Å². The Morgan fingerprint density at radius 2 is 1.95 bits per heavy atom. The molecular formula is C13H11BrF3NS. The summed E-state index contributed by atoms with van der Waals surface area (Å²) in [6.45, 7) is 0. The lowest BCUT2D eigenvalue weighted by atomic mass is 10.0. The first-order valence-corrected chi connectivity index (χ1v) is 7.14. The van der Waals surface area contributed by atoms with Gasteiger partial charge >= 0.3 is 6.18 Å². The fourth-order valence-electron chi connectivity index (χ4n) is 1.76. The SMILES string of the molecule is NC(Cc1cccc(C(F)(F)F)c1)c1ccc(Br)s1. The fraction of sp³-hybridized carbons (Fsp3) is 0.231. The summed E-state index contributed by atoms with van der Waals surface area (Å²) in [7, 11) is 0. The smallest absolute Gasteiger partial charge is 0.323 e. The molecule has 1 aromatic carbocycles. The zero-order valence-corrected chi connectivity index (χ0v) is 12.1. The van der Waals surface area contributed by atoms with Gasteiger partial charge in [0.2, 0.25) is 0 Å². The van der Waals surface area contributed by atoms with E-state index in [2.05, 4.69) is 15.9 Å². The molecule has 0 spiro atoms. The topological polar surface area (TPSA) is 26.0 Å². The van der Waals surface area contributed by atoms with Gasteiger partial charge in [-0.2, -0.15) is 13.2 Å². The van der Waals surface area contributed by atoms with Crippen LogP contribution in [0.1, 0.15) is 22.0 Å².